The van der Waals surface area contributed by atoms with Gasteiger partial charge in [-0.05, 0) is 24.6 Å². The predicted octanol–water partition coefficient (Wildman–Crippen LogP) is 4.46. The normalized spacial score (nSPS) is 10.3. The van der Waals surface area contributed by atoms with Crippen LogP contribution >= 0.6 is 23.2 Å². The summed E-state index contributed by atoms with van der Waals surface area (Å²) in [4.78, 5) is 11.6. The number of nitrogens with one attached hydrogen (secondary N) is 1. The number of hydrogen-bond donors (Lipinski definition) is 1. The van der Waals surface area contributed by atoms with Gasteiger partial charge in [0, 0.05) is 11.6 Å². The van der Waals surface area contributed by atoms with Crippen molar-refractivity contribution in [2.45, 2.75) is 39.0 Å². The van der Waals surface area contributed by atoms with E-state index in [2.05, 4.69) is 12.2 Å². The molecule has 0 fully saturated rings. The first kappa shape index (κ1) is 17.1. The van der Waals surface area contributed by atoms with E-state index in [-0.39, 0.29) is 12.5 Å². The molecule has 0 saturated carbocycles. The molecule has 0 aliphatic heterocycles. The molecule has 3 nitrogen and oxygen atoms in total. The number of unbranched alkanes of at least 4 members (excludes halogenated alkanes) is 4. The average molecular weight is 318 g/mol. The standard InChI is InChI=1S/C15H21Cl2NO2/c1-2-3-4-5-6-9-18-15(19)11-20-14-8-7-12(16)10-13(14)17/h7-8,10H,2-6,9,11H2,1H3,(H,18,19). The number of carbonyl (C=O) groups is 1. The molecule has 0 heterocycles. The highest BCUT2D eigenvalue weighted by molar-refractivity contribution is 6.35. The molecule has 1 rings (SSSR count). The molecular weight excluding hydrogens is 297 g/mol. The van der Waals surface area contributed by atoms with Crippen LogP contribution in [0.4, 0.5) is 0 Å². The topological polar surface area (TPSA) is 38.3 Å². The molecule has 0 aliphatic carbocycles. The van der Waals surface area contributed by atoms with Crippen molar-refractivity contribution in [3.8, 4) is 5.75 Å². The van der Waals surface area contributed by atoms with Crippen molar-refractivity contribution in [1.29, 1.82) is 0 Å². The first-order valence-corrected chi connectivity index (χ1v) is 7.73. The number of amides is 1. The summed E-state index contributed by atoms with van der Waals surface area (Å²) in [6.07, 6.45) is 5.86. The van der Waals surface area contributed by atoms with Gasteiger partial charge in [-0.15, -0.1) is 0 Å². The molecule has 1 amide bonds. The fraction of sp³-hybridized carbons (Fsp3) is 0.533. The number of ether oxygens (including phenoxy) is 1. The molecule has 0 bridgehead atoms. The summed E-state index contributed by atoms with van der Waals surface area (Å²) in [5.41, 5.74) is 0. The van der Waals surface area contributed by atoms with E-state index < -0.39 is 0 Å². The Kier molecular flexibility index (Phi) is 8.47. The van der Waals surface area contributed by atoms with Crippen LogP contribution in [-0.2, 0) is 4.79 Å². The zero-order chi connectivity index (χ0) is 14.8. The summed E-state index contributed by atoms with van der Waals surface area (Å²) in [5.74, 6) is 0.334. The summed E-state index contributed by atoms with van der Waals surface area (Å²) in [6, 6.07) is 4.92. The minimum Gasteiger partial charge on any atom is -0.482 e. The van der Waals surface area contributed by atoms with Gasteiger partial charge in [0.2, 0.25) is 0 Å². The van der Waals surface area contributed by atoms with E-state index in [1.54, 1.807) is 18.2 Å². The van der Waals surface area contributed by atoms with Gasteiger partial charge in [-0.25, -0.2) is 0 Å². The third-order valence-electron chi connectivity index (χ3n) is 2.86. The van der Waals surface area contributed by atoms with E-state index >= 15 is 0 Å². The fourth-order valence-electron chi connectivity index (χ4n) is 1.74. The summed E-state index contributed by atoms with van der Waals surface area (Å²) in [6.45, 7) is 2.84. The van der Waals surface area contributed by atoms with Gasteiger partial charge in [0.15, 0.2) is 6.61 Å². The SMILES string of the molecule is CCCCCCCNC(=O)COc1ccc(Cl)cc1Cl. The van der Waals surface area contributed by atoms with Crippen LogP contribution < -0.4 is 10.1 Å². The number of hydrogen-bond acceptors (Lipinski definition) is 2. The predicted molar refractivity (Wildman–Crippen MR) is 83.7 cm³/mol. The van der Waals surface area contributed by atoms with Crippen molar-refractivity contribution in [3.05, 3.63) is 28.2 Å². The van der Waals surface area contributed by atoms with Gasteiger partial charge in [-0.1, -0.05) is 55.8 Å². The first-order valence-electron chi connectivity index (χ1n) is 6.98. The largest absolute Gasteiger partial charge is 0.482 e. The Morgan fingerprint density at radius 3 is 2.65 bits per heavy atom. The second kappa shape index (κ2) is 9.89. The molecule has 1 aromatic carbocycles. The second-order valence-electron chi connectivity index (χ2n) is 4.63. The van der Waals surface area contributed by atoms with Crippen molar-refractivity contribution in [1.82, 2.24) is 5.32 Å². The molecule has 112 valence electrons. The van der Waals surface area contributed by atoms with Crippen molar-refractivity contribution < 1.29 is 9.53 Å². The monoisotopic (exact) mass is 317 g/mol. The molecular formula is C15H21Cl2NO2. The Balaban J connectivity index is 2.16. The summed E-state index contributed by atoms with van der Waals surface area (Å²) in [7, 11) is 0. The molecule has 0 unspecified atom stereocenters. The van der Waals surface area contributed by atoms with Gasteiger partial charge in [-0.3, -0.25) is 4.79 Å². The van der Waals surface area contributed by atoms with Crippen molar-refractivity contribution >= 4 is 29.1 Å². The molecule has 0 aliphatic rings. The fourth-order valence-corrected chi connectivity index (χ4v) is 2.21. The molecule has 20 heavy (non-hydrogen) atoms. The zero-order valence-electron chi connectivity index (χ0n) is 11.8. The summed E-state index contributed by atoms with van der Waals surface area (Å²) in [5, 5.41) is 3.78. The van der Waals surface area contributed by atoms with Crippen LogP contribution in [0.1, 0.15) is 39.0 Å². The van der Waals surface area contributed by atoms with E-state index in [4.69, 9.17) is 27.9 Å². The van der Waals surface area contributed by atoms with Crippen LogP contribution in [0.5, 0.6) is 5.75 Å². The van der Waals surface area contributed by atoms with Crippen LogP contribution in [0.3, 0.4) is 0 Å². The Morgan fingerprint density at radius 1 is 1.20 bits per heavy atom. The number of halogens is 2. The van der Waals surface area contributed by atoms with Gasteiger partial charge < -0.3 is 10.1 Å². The molecule has 0 spiro atoms. The lowest BCUT2D eigenvalue weighted by atomic mass is 10.1. The van der Waals surface area contributed by atoms with Crippen molar-refractivity contribution in [3.63, 3.8) is 0 Å². The minimum atomic E-state index is -0.133. The van der Waals surface area contributed by atoms with E-state index in [1.165, 1.54) is 19.3 Å². The van der Waals surface area contributed by atoms with Crippen LogP contribution in [0.25, 0.3) is 0 Å². The zero-order valence-corrected chi connectivity index (χ0v) is 13.3. The number of carbonyl (C=O) groups excluding carboxylic acids is 1. The molecule has 5 heteroatoms. The molecule has 0 saturated heterocycles. The van der Waals surface area contributed by atoms with Gasteiger partial charge in [0.25, 0.3) is 5.91 Å². The lowest BCUT2D eigenvalue weighted by Crippen LogP contribution is -2.29. The van der Waals surface area contributed by atoms with Gasteiger partial charge in [0.1, 0.15) is 5.75 Å². The number of benzene rings is 1. The van der Waals surface area contributed by atoms with Gasteiger partial charge >= 0.3 is 0 Å². The summed E-state index contributed by atoms with van der Waals surface area (Å²) >= 11 is 11.7. The third kappa shape index (κ3) is 7.01. The quantitative estimate of drug-likeness (QED) is 0.683. The van der Waals surface area contributed by atoms with E-state index in [9.17, 15) is 4.79 Å². The lowest BCUT2D eigenvalue weighted by molar-refractivity contribution is -0.123. The highest BCUT2D eigenvalue weighted by Gasteiger charge is 2.05. The molecule has 0 atom stereocenters. The Labute approximate surface area is 130 Å². The van der Waals surface area contributed by atoms with Crippen LogP contribution in [-0.4, -0.2) is 19.1 Å². The van der Waals surface area contributed by atoms with Crippen LogP contribution in [0.2, 0.25) is 10.0 Å². The highest BCUT2D eigenvalue weighted by atomic mass is 35.5. The lowest BCUT2D eigenvalue weighted by Gasteiger charge is -2.09. The average Bonchev–Trinajstić information content (AvgIpc) is 2.41. The maximum atomic E-state index is 11.6. The Hall–Kier alpha value is -0.930. The molecule has 0 aromatic heterocycles. The second-order valence-corrected chi connectivity index (χ2v) is 5.47. The smallest absolute Gasteiger partial charge is 0.257 e. The van der Waals surface area contributed by atoms with Crippen molar-refractivity contribution in [2.75, 3.05) is 13.2 Å². The maximum absolute atomic E-state index is 11.6. The maximum Gasteiger partial charge on any atom is 0.257 e. The molecule has 1 N–H and O–H groups in total. The summed E-state index contributed by atoms with van der Waals surface area (Å²) < 4.78 is 5.35. The van der Waals surface area contributed by atoms with Crippen molar-refractivity contribution in [2.24, 2.45) is 0 Å². The van der Waals surface area contributed by atoms with Gasteiger partial charge in [0.05, 0.1) is 5.02 Å². The third-order valence-corrected chi connectivity index (χ3v) is 3.39. The molecule has 0 radical (unpaired) electrons. The van der Waals surface area contributed by atoms with Crippen LogP contribution in [0, 0.1) is 0 Å². The Morgan fingerprint density at radius 2 is 1.95 bits per heavy atom. The van der Waals surface area contributed by atoms with E-state index in [1.807, 2.05) is 0 Å². The van der Waals surface area contributed by atoms with E-state index in [0.717, 1.165) is 12.8 Å². The van der Waals surface area contributed by atoms with Crippen LogP contribution in [0.15, 0.2) is 18.2 Å². The highest BCUT2D eigenvalue weighted by Crippen LogP contribution is 2.27. The number of rotatable bonds is 9. The van der Waals surface area contributed by atoms with E-state index in [0.29, 0.717) is 22.3 Å². The first-order chi connectivity index (χ1) is 9.63. The molecule has 1 aromatic rings. The Bertz CT molecular complexity index is 424. The minimum absolute atomic E-state index is 0.0314. The van der Waals surface area contributed by atoms with Gasteiger partial charge in [-0.2, -0.15) is 0 Å².